The van der Waals surface area contributed by atoms with E-state index in [0.29, 0.717) is 22.3 Å². The quantitative estimate of drug-likeness (QED) is 0.825. The van der Waals surface area contributed by atoms with E-state index in [1.807, 2.05) is 6.92 Å². The van der Waals surface area contributed by atoms with Crippen molar-refractivity contribution >= 4 is 39.7 Å². The number of hydrogen-bond acceptors (Lipinski definition) is 7. The number of amides is 1. The van der Waals surface area contributed by atoms with Crippen molar-refractivity contribution in [3.05, 3.63) is 27.2 Å². The number of esters is 1. The van der Waals surface area contributed by atoms with Crippen molar-refractivity contribution in [2.45, 2.75) is 26.7 Å². The molecule has 0 saturated carbocycles. The lowest BCUT2D eigenvalue weighted by molar-refractivity contribution is -0.142. The van der Waals surface area contributed by atoms with Gasteiger partial charge in [0.1, 0.15) is 4.88 Å². The lowest BCUT2D eigenvalue weighted by Gasteiger charge is -1.99. The number of aromatic nitrogens is 2. The Morgan fingerprint density at radius 1 is 1.38 bits per heavy atom. The molecule has 21 heavy (non-hydrogen) atoms. The molecule has 2 aromatic heterocycles. The zero-order valence-corrected chi connectivity index (χ0v) is 13.3. The third-order valence-corrected chi connectivity index (χ3v) is 4.43. The number of ether oxygens (including phenoxy) is 1. The van der Waals surface area contributed by atoms with Crippen LogP contribution in [0.15, 0.2) is 11.6 Å². The summed E-state index contributed by atoms with van der Waals surface area (Å²) in [5.74, 6) is -0.556. The van der Waals surface area contributed by atoms with Crippen molar-refractivity contribution in [3.8, 4) is 0 Å². The molecule has 0 saturated heterocycles. The minimum Gasteiger partial charge on any atom is -0.466 e. The summed E-state index contributed by atoms with van der Waals surface area (Å²) in [6, 6.07) is 0. The van der Waals surface area contributed by atoms with Gasteiger partial charge >= 0.3 is 5.97 Å². The van der Waals surface area contributed by atoms with Gasteiger partial charge < -0.3 is 4.74 Å². The molecule has 0 aliphatic heterocycles. The van der Waals surface area contributed by atoms with E-state index in [1.54, 1.807) is 18.5 Å². The number of nitrogens with one attached hydrogen (secondary N) is 1. The number of thiazole rings is 2. The van der Waals surface area contributed by atoms with Crippen LogP contribution in [0.3, 0.4) is 0 Å². The fourth-order valence-electron chi connectivity index (χ4n) is 1.54. The molecule has 1 N–H and O–H groups in total. The van der Waals surface area contributed by atoms with E-state index < -0.39 is 0 Å². The van der Waals surface area contributed by atoms with Gasteiger partial charge in [0.2, 0.25) is 0 Å². The Bertz CT molecular complexity index is 636. The Labute approximate surface area is 130 Å². The number of carbonyl (C=O) groups is 2. The van der Waals surface area contributed by atoms with E-state index in [2.05, 4.69) is 15.3 Å². The van der Waals surface area contributed by atoms with E-state index in [9.17, 15) is 9.59 Å². The number of carbonyl (C=O) groups excluding carboxylic acids is 2. The van der Waals surface area contributed by atoms with Gasteiger partial charge in [-0.2, -0.15) is 0 Å². The Hall–Kier alpha value is -1.80. The number of rotatable bonds is 6. The highest BCUT2D eigenvalue weighted by molar-refractivity contribution is 7.15. The largest absolute Gasteiger partial charge is 0.466 e. The van der Waals surface area contributed by atoms with Crippen molar-refractivity contribution in [2.24, 2.45) is 0 Å². The van der Waals surface area contributed by atoms with E-state index >= 15 is 0 Å². The summed E-state index contributed by atoms with van der Waals surface area (Å²) in [5, 5.41) is 5.82. The third-order valence-electron chi connectivity index (χ3n) is 2.48. The molecule has 0 bridgehead atoms. The zero-order chi connectivity index (χ0) is 15.2. The summed E-state index contributed by atoms with van der Waals surface area (Å²) in [6.07, 6.45) is 2.48. The maximum atomic E-state index is 12.0. The van der Waals surface area contributed by atoms with Gasteiger partial charge in [0, 0.05) is 5.38 Å². The fraction of sp³-hybridized carbons (Fsp3) is 0.385. The summed E-state index contributed by atoms with van der Waals surface area (Å²) in [4.78, 5) is 32.2. The predicted octanol–water partition coefficient (Wildman–Crippen LogP) is 2.52. The Morgan fingerprint density at radius 3 is 2.86 bits per heavy atom. The molecule has 0 aromatic carbocycles. The predicted molar refractivity (Wildman–Crippen MR) is 81.9 cm³/mol. The van der Waals surface area contributed by atoms with Crippen LogP contribution in [0.1, 0.15) is 34.2 Å². The van der Waals surface area contributed by atoms with Crippen LogP contribution in [0.5, 0.6) is 0 Å². The normalized spacial score (nSPS) is 10.4. The molecule has 6 nitrogen and oxygen atoms in total. The van der Waals surface area contributed by atoms with Crippen molar-refractivity contribution < 1.29 is 14.3 Å². The molecule has 0 spiro atoms. The molecule has 0 fully saturated rings. The first-order valence-electron chi connectivity index (χ1n) is 6.48. The Kier molecular flexibility index (Phi) is 5.40. The van der Waals surface area contributed by atoms with Gasteiger partial charge in [0.05, 0.1) is 29.9 Å². The first-order chi connectivity index (χ1) is 10.1. The van der Waals surface area contributed by atoms with Gasteiger partial charge in [0.15, 0.2) is 5.13 Å². The van der Waals surface area contributed by atoms with Gasteiger partial charge in [-0.05, 0) is 13.3 Å². The van der Waals surface area contributed by atoms with Crippen LogP contribution in [0.4, 0.5) is 5.13 Å². The average molecular weight is 325 g/mol. The van der Waals surface area contributed by atoms with Crippen LogP contribution in [0, 0.1) is 0 Å². The van der Waals surface area contributed by atoms with E-state index in [0.717, 1.165) is 11.4 Å². The molecule has 1 amide bonds. The first-order valence-corrected chi connectivity index (χ1v) is 8.18. The SMILES string of the molecule is CCOC(=O)Cc1csc(NC(=O)c2cnc(CC)s2)n1. The maximum absolute atomic E-state index is 12.0. The first kappa shape index (κ1) is 15.6. The number of anilines is 1. The van der Waals surface area contributed by atoms with Crippen molar-refractivity contribution in [1.29, 1.82) is 0 Å². The minimum atomic E-state index is -0.323. The molecule has 2 aromatic rings. The molecule has 0 unspecified atom stereocenters. The number of nitrogens with zero attached hydrogens (tertiary/aromatic N) is 2. The third kappa shape index (κ3) is 4.33. The molecule has 112 valence electrons. The van der Waals surface area contributed by atoms with E-state index in [1.165, 1.54) is 22.7 Å². The summed E-state index contributed by atoms with van der Waals surface area (Å²) in [5.41, 5.74) is 0.590. The van der Waals surface area contributed by atoms with Crippen LogP contribution >= 0.6 is 22.7 Å². The van der Waals surface area contributed by atoms with E-state index in [4.69, 9.17) is 4.74 Å². The standard InChI is InChI=1S/C13H15N3O3S2/c1-3-10-14-6-9(21-10)12(18)16-13-15-8(7-20-13)5-11(17)19-4-2/h6-7H,3-5H2,1-2H3,(H,15,16,18). The molecule has 0 atom stereocenters. The van der Waals surface area contributed by atoms with Crippen molar-refractivity contribution in [2.75, 3.05) is 11.9 Å². The van der Waals surface area contributed by atoms with Crippen molar-refractivity contribution in [1.82, 2.24) is 9.97 Å². The second-order valence-electron chi connectivity index (χ2n) is 4.05. The molecule has 0 aliphatic carbocycles. The van der Waals surface area contributed by atoms with Crippen LogP contribution in [-0.4, -0.2) is 28.5 Å². The second kappa shape index (κ2) is 7.28. The maximum Gasteiger partial charge on any atom is 0.311 e. The summed E-state index contributed by atoms with van der Waals surface area (Å²) < 4.78 is 4.85. The van der Waals surface area contributed by atoms with Gasteiger partial charge in [-0.25, -0.2) is 9.97 Å². The molecular weight excluding hydrogens is 310 g/mol. The summed E-state index contributed by atoms with van der Waals surface area (Å²) >= 11 is 2.64. The van der Waals surface area contributed by atoms with Gasteiger partial charge in [0.25, 0.3) is 5.91 Å². The Morgan fingerprint density at radius 2 is 2.19 bits per heavy atom. The molecule has 0 radical (unpaired) electrons. The number of aryl methyl sites for hydroxylation is 1. The van der Waals surface area contributed by atoms with Crippen LogP contribution < -0.4 is 5.32 Å². The minimum absolute atomic E-state index is 0.112. The van der Waals surface area contributed by atoms with Crippen LogP contribution in [0.2, 0.25) is 0 Å². The lowest BCUT2D eigenvalue weighted by atomic mass is 10.3. The molecule has 2 rings (SSSR count). The molecule has 2 heterocycles. The fourth-order valence-corrected chi connectivity index (χ4v) is 3.00. The van der Waals surface area contributed by atoms with Gasteiger partial charge in [-0.3, -0.25) is 14.9 Å². The zero-order valence-electron chi connectivity index (χ0n) is 11.7. The highest BCUT2D eigenvalue weighted by atomic mass is 32.1. The Balaban J connectivity index is 1.95. The summed E-state index contributed by atoms with van der Waals surface area (Å²) in [6.45, 7) is 4.09. The van der Waals surface area contributed by atoms with Gasteiger partial charge in [-0.1, -0.05) is 6.92 Å². The topological polar surface area (TPSA) is 81.2 Å². The van der Waals surface area contributed by atoms with Crippen LogP contribution in [0.25, 0.3) is 0 Å². The number of hydrogen-bond donors (Lipinski definition) is 1. The summed E-state index contributed by atoms with van der Waals surface area (Å²) in [7, 11) is 0. The van der Waals surface area contributed by atoms with Crippen molar-refractivity contribution in [3.63, 3.8) is 0 Å². The average Bonchev–Trinajstić information content (AvgIpc) is 3.08. The monoisotopic (exact) mass is 325 g/mol. The van der Waals surface area contributed by atoms with E-state index in [-0.39, 0.29) is 18.3 Å². The molecule has 0 aliphatic rings. The molecule has 8 heteroatoms. The van der Waals surface area contributed by atoms with Crippen LogP contribution in [-0.2, 0) is 22.4 Å². The smallest absolute Gasteiger partial charge is 0.311 e. The highest BCUT2D eigenvalue weighted by Crippen LogP contribution is 2.19. The highest BCUT2D eigenvalue weighted by Gasteiger charge is 2.13. The second-order valence-corrected chi connectivity index (χ2v) is 6.03. The lowest BCUT2D eigenvalue weighted by Crippen LogP contribution is -2.11. The molecular formula is C13H15N3O3S2. The van der Waals surface area contributed by atoms with Gasteiger partial charge in [-0.15, -0.1) is 22.7 Å².